The van der Waals surface area contributed by atoms with E-state index in [2.05, 4.69) is 22.3 Å². The van der Waals surface area contributed by atoms with Gasteiger partial charge in [-0.2, -0.15) is 0 Å². The zero-order valence-corrected chi connectivity index (χ0v) is 20.0. The number of benzene rings is 3. The number of hydrogen-bond acceptors (Lipinski definition) is 6. The monoisotopic (exact) mass is 447 g/mol. The molecule has 0 amide bonds. The van der Waals surface area contributed by atoms with Gasteiger partial charge in [0.05, 0.1) is 5.56 Å². The number of rotatable bonds is 8. The molecule has 6 heteroatoms. The number of nitrogens with zero attached hydrogens (tertiary/aromatic N) is 2. The van der Waals surface area contributed by atoms with Gasteiger partial charge in [0.1, 0.15) is 5.75 Å². The third-order valence-electron chi connectivity index (χ3n) is 5.24. The summed E-state index contributed by atoms with van der Waals surface area (Å²) in [6, 6.07) is 21.1. The van der Waals surface area contributed by atoms with Crippen LogP contribution in [0.5, 0.6) is 5.75 Å². The first kappa shape index (κ1) is 25.6. The molecule has 0 fully saturated rings. The molecule has 0 aliphatic heterocycles. The van der Waals surface area contributed by atoms with Crippen molar-refractivity contribution >= 4 is 23.4 Å². The zero-order valence-electron chi connectivity index (χ0n) is 20.0. The number of ketones is 1. The van der Waals surface area contributed by atoms with Crippen molar-refractivity contribution in [2.24, 2.45) is 0 Å². The maximum atomic E-state index is 11.4. The molecule has 0 spiro atoms. The highest BCUT2D eigenvalue weighted by Crippen LogP contribution is 2.26. The first-order valence-electron chi connectivity index (χ1n) is 10.8. The molecule has 3 aromatic carbocycles. The minimum absolute atomic E-state index is 0.0317. The van der Waals surface area contributed by atoms with E-state index in [1.807, 2.05) is 75.6 Å². The number of aldehydes is 1. The smallest absolute Gasteiger partial charge is 0.161 e. The van der Waals surface area contributed by atoms with E-state index < -0.39 is 0 Å². The van der Waals surface area contributed by atoms with Gasteiger partial charge >= 0.3 is 0 Å². The molecule has 0 aliphatic rings. The van der Waals surface area contributed by atoms with Gasteiger partial charge in [-0.3, -0.25) is 9.59 Å². The Labute approximate surface area is 196 Å². The molecule has 0 saturated heterocycles. The predicted octanol–water partition coefficient (Wildman–Crippen LogP) is 4.80. The van der Waals surface area contributed by atoms with Gasteiger partial charge in [0.2, 0.25) is 0 Å². The normalized spacial score (nSPS) is 10.2. The van der Waals surface area contributed by atoms with E-state index in [0.717, 1.165) is 41.2 Å². The Morgan fingerprint density at radius 1 is 0.939 bits per heavy atom. The van der Waals surface area contributed by atoms with Crippen molar-refractivity contribution in [3.8, 4) is 16.9 Å². The second kappa shape index (κ2) is 12.4. The first-order valence-corrected chi connectivity index (χ1v) is 10.8. The summed E-state index contributed by atoms with van der Waals surface area (Å²) in [5, 5.41) is 12.6. The Hall–Kier alpha value is -3.64. The van der Waals surface area contributed by atoms with Gasteiger partial charge in [-0.25, -0.2) is 0 Å². The van der Waals surface area contributed by atoms with Gasteiger partial charge in [0, 0.05) is 50.2 Å². The van der Waals surface area contributed by atoms with Crippen molar-refractivity contribution in [2.75, 3.05) is 51.5 Å². The fourth-order valence-electron chi connectivity index (χ4n) is 3.22. The molecule has 0 radical (unpaired) electrons. The SMILES string of the molecule is CN(C)CCN(C)c1ccc(C=O)c(O)c1.CNc1cc(-c2ccccc2)ccc1C(C)=O. The Morgan fingerprint density at radius 2 is 1.64 bits per heavy atom. The Bertz CT molecular complexity index is 1070. The fourth-order valence-corrected chi connectivity index (χ4v) is 3.22. The standard InChI is InChI=1S/C15H15NO.C12H18N2O2/c1-11(17)14-9-8-13(10-15(14)16-2)12-6-4-3-5-7-12;1-13(2)6-7-14(3)11-5-4-10(9-15)12(16)8-11/h3-10,16H,1-2H3;4-5,8-9,16H,6-7H2,1-3H3. The number of aromatic hydroxyl groups is 1. The van der Waals surface area contributed by atoms with Crippen molar-refractivity contribution in [1.29, 1.82) is 0 Å². The molecule has 0 atom stereocenters. The summed E-state index contributed by atoms with van der Waals surface area (Å²) in [5.74, 6) is 0.109. The Balaban J connectivity index is 0.000000234. The maximum Gasteiger partial charge on any atom is 0.161 e. The molecular weight excluding hydrogens is 414 g/mol. The molecule has 6 nitrogen and oxygen atoms in total. The predicted molar refractivity (Wildman–Crippen MR) is 137 cm³/mol. The van der Waals surface area contributed by atoms with E-state index in [1.165, 1.54) is 0 Å². The van der Waals surface area contributed by atoms with Crippen LogP contribution in [0.4, 0.5) is 11.4 Å². The van der Waals surface area contributed by atoms with Gasteiger partial charge in [-0.1, -0.05) is 36.4 Å². The highest BCUT2D eigenvalue weighted by Gasteiger charge is 2.08. The van der Waals surface area contributed by atoms with E-state index in [1.54, 1.807) is 19.1 Å². The Kier molecular flexibility index (Phi) is 9.63. The van der Waals surface area contributed by atoms with Crippen LogP contribution in [0, 0.1) is 0 Å². The molecule has 0 aliphatic carbocycles. The average molecular weight is 448 g/mol. The lowest BCUT2D eigenvalue weighted by atomic mass is 10.0. The molecule has 3 rings (SSSR count). The molecule has 174 valence electrons. The molecular formula is C27H33N3O3. The van der Waals surface area contributed by atoms with E-state index in [4.69, 9.17) is 0 Å². The number of phenols is 1. The maximum absolute atomic E-state index is 11.4. The molecule has 0 aromatic heterocycles. The van der Waals surface area contributed by atoms with Gasteiger partial charge in [0.25, 0.3) is 0 Å². The highest BCUT2D eigenvalue weighted by atomic mass is 16.3. The van der Waals surface area contributed by atoms with Crippen LogP contribution in [-0.4, -0.2) is 63.4 Å². The number of anilines is 2. The van der Waals surface area contributed by atoms with Gasteiger partial charge < -0.3 is 20.2 Å². The van der Waals surface area contributed by atoms with Gasteiger partial charge in [0.15, 0.2) is 12.1 Å². The minimum Gasteiger partial charge on any atom is -0.507 e. The lowest BCUT2D eigenvalue weighted by molar-refractivity contribution is 0.101. The van der Waals surface area contributed by atoms with E-state index in [-0.39, 0.29) is 11.5 Å². The van der Waals surface area contributed by atoms with Crippen LogP contribution in [0.2, 0.25) is 0 Å². The summed E-state index contributed by atoms with van der Waals surface area (Å²) >= 11 is 0. The molecule has 0 saturated carbocycles. The second-order valence-electron chi connectivity index (χ2n) is 8.02. The number of carbonyl (C=O) groups excluding carboxylic acids is 2. The van der Waals surface area contributed by atoms with Crippen molar-refractivity contribution in [3.63, 3.8) is 0 Å². The lowest BCUT2D eigenvalue weighted by Gasteiger charge is -2.21. The summed E-state index contributed by atoms with van der Waals surface area (Å²) in [5.41, 5.74) is 5.10. The quantitative estimate of drug-likeness (QED) is 0.382. The summed E-state index contributed by atoms with van der Waals surface area (Å²) in [6.07, 6.45) is 0.652. The summed E-state index contributed by atoms with van der Waals surface area (Å²) in [6.45, 7) is 3.39. The number of phenolic OH excluding ortho intramolecular Hbond substituents is 1. The van der Waals surface area contributed by atoms with E-state index in [0.29, 0.717) is 11.8 Å². The van der Waals surface area contributed by atoms with Crippen molar-refractivity contribution in [3.05, 3.63) is 77.9 Å². The molecule has 0 unspecified atom stereocenters. The number of carbonyl (C=O) groups is 2. The average Bonchev–Trinajstić information content (AvgIpc) is 2.82. The summed E-state index contributed by atoms with van der Waals surface area (Å²) in [7, 11) is 7.82. The third kappa shape index (κ3) is 7.47. The fraction of sp³-hybridized carbons (Fsp3) is 0.259. The van der Waals surface area contributed by atoms with Gasteiger partial charge in [-0.15, -0.1) is 0 Å². The van der Waals surface area contributed by atoms with Crippen molar-refractivity contribution < 1.29 is 14.7 Å². The van der Waals surface area contributed by atoms with E-state index >= 15 is 0 Å². The largest absolute Gasteiger partial charge is 0.507 e. The minimum atomic E-state index is 0.0317. The van der Waals surface area contributed by atoms with Crippen LogP contribution in [0.25, 0.3) is 11.1 Å². The van der Waals surface area contributed by atoms with Crippen LogP contribution >= 0.6 is 0 Å². The number of nitrogens with one attached hydrogen (secondary N) is 1. The van der Waals surface area contributed by atoms with E-state index in [9.17, 15) is 14.7 Å². The molecule has 0 heterocycles. The third-order valence-corrected chi connectivity index (χ3v) is 5.24. The van der Waals surface area contributed by atoms with Crippen LogP contribution in [-0.2, 0) is 0 Å². The molecule has 33 heavy (non-hydrogen) atoms. The van der Waals surface area contributed by atoms with Crippen LogP contribution < -0.4 is 10.2 Å². The van der Waals surface area contributed by atoms with Crippen LogP contribution in [0.1, 0.15) is 27.6 Å². The number of likely N-dealkylation sites (N-methyl/N-ethyl adjacent to an activating group) is 2. The lowest BCUT2D eigenvalue weighted by Crippen LogP contribution is -2.28. The number of hydrogen-bond donors (Lipinski definition) is 2. The Morgan fingerprint density at radius 3 is 2.18 bits per heavy atom. The van der Waals surface area contributed by atoms with Gasteiger partial charge in [-0.05, 0) is 56.4 Å². The van der Waals surface area contributed by atoms with Crippen molar-refractivity contribution in [1.82, 2.24) is 4.90 Å². The van der Waals surface area contributed by atoms with Crippen molar-refractivity contribution in [2.45, 2.75) is 6.92 Å². The number of Topliss-reactive ketones (excluding diaryl/α,β-unsaturated/α-hetero) is 1. The first-order chi connectivity index (χ1) is 15.8. The molecule has 0 bridgehead atoms. The molecule has 2 N–H and O–H groups in total. The highest BCUT2D eigenvalue weighted by molar-refractivity contribution is 6.00. The van der Waals surface area contributed by atoms with Crippen LogP contribution in [0.15, 0.2) is 66.7 Å². The second-order valence-corrected chi connectivity index (χ2v) is 8.02. The topological polar surface area (TPSA) is 72.9 Å². The summed E-state index contributed by atoms with van der Waals surface area (Å²) < 4.78 is 0. The van der Waals surface area contributed by atoms with Crippen LogP contribution in [0.3, 0.4) is 0 Å². The summed E-state index contributed by atoms with van der Waals surface area (Å²) in [4.78, 5) is 26.1. The zero-order chi connectivity index (χ0) is 24.4. The molecule has 3 aromatic rings.